The molecule has 0 radical (unpaired) electrons. The van der Waals surface area contributed by atoms with E-state index in [4.69, 9.17) is 9.47 Å². The zero-order valence-corrected chi connectivity index (χ0v) is 14.6. The van der Waals surface area contributed by atoms with Gasteiger partial charge in [0.15, 0.2) is 0 Å². The summed E-state index contributed by atoms with van der Waals surface area (Å²) in [5, 5.41) is 6.22. The Kier molecular flexibility index (Phi) is 5.68. The number of hydrogen-bond donors (Lipinski definition) is 2. The Balaban J connectivity index is 1.67. The van der Waals surface area contributed by atoms with Crippen LogP contribution in [0.3, 0.4) is 0 Å². The Hall–Kier alpha value is -2.37. The number of hydrogen-bond acceptors (Lipinski definition) is 4. The fourth-order valence-corrected chi connectivity index (χ4v) is 2.89. The van der Waals surface area contributed by atoms with Crippen molar-refractivity contribution in [3.8, 4) is 5.75 Å². The third-order valence-corrected chi connectivity index (χ3v) is 4.44. The lowest BCUT2D eigenvalue weighted by molar-refractivity contribution is -0.123. The second-order valence-corrected chi connectivity index (χ2v) is 6.19. The number of rotatable bonds is 5. The maximum absolute atomic E-state index is 12.5. The summed E-state index contributed by atoms with van der Waals surface area (Å²) >= 11 is 0. The van der Waals surface area contributed by atoms with E-state index >= 15 is 0 Å². The number of benzene rings is 2. The lowest BCUT2D eigenvalue weighted by atomic mass is 10.1. The molecule has 5 heteroatoms. The van der Waals surface area contributed by atoms with Crippen LogP contribution in [-0.4, -0.2) is 31.2 Å². The van der Waals surface area contributed by atoms with Crippen LogP contribution in [-0.2, 0) is 16.1 Å². The number of anilines is 1. The zero-order valence-electron chi connectivity index (χ0n) is 14.6. The van der Waals surface area contributed by atoms with Gasteiger partial charge in [0.25, 0.3) is 0 Å². The average Bonchev–Trinajstić information content (AvgIpc) is 2.63. The molecule has 0 saturated carbocycles. The van der Waals surface area contributed by atoms with Crippen molar-refractivity contribution < 1.29 is 14.3 Å². The minimum atomic E-state index is -0.336. The molecule has 2 atom stereocenters. The summed E-state index contributed by atoms with van der Waals surface area (Å²) in [6.45, 7) is 5.68. The maximum atomic E-state index is 12.5. The van der Waals surface area contributed by atoms with Gasteiger partial charge in [0.05, 0.1) is 12.7 Å². The molecule has 0 spiro atoms. The van der Waals surface area contributed by atoms with E-state index in [9.17, 15) is 4.79 Å². The molecule has 1 heterocycles. The summed E-state index contributed by atoms with van der Waals surface area (Å²) in [6.07, 6.45) is -0.140. The smallest absolute Gasteiger partial charge is 0.244 e. The molecule has 0 aliphatic carbocycles. The molecule has 2 aromatic rings. The molecule has 25 heavy (non-hydrogen) atoms. The Bertz CT molecular complexity index is 718. The highest BCUT2D eigenvalue weighted by Gasteiger charge is 2.28. The summed E-state index contributed by atoms with van der Waals surface area (Å²) < 4.78 is 11.4. The Morgan fingerprint density at radius 1 is 1.24 bits per heavy atom. The van der Waals surface area contributed by atoms with Crippen LogP contribution in [0.25, 0.3) is 0 Å². The molecular weight excluding hydrogens is 316 g/mol. The van der Waals surface area contributed by atoms with Crippen molar-refractivity contribution in [1.82, 2.24) is 5.32 Å². The monoisotopic (exact) mass is 340 g/mol. The minimum Gasteiger partial charge on any atom is -0.489 e. The molecule has 0 aromatic heterocycles. The molecule has 1 saturated heterocycles. The number of morpholine rings is 1. The van der Waals surface area contributed by atoms with Crippen molar-refractivity contribution in [3.63, 3.8) is 0 Å². The van der Waals surface area contributed by atoms with Crippen molar-refractivity contribution >= 4 is 11.6 Å². The normalized spacial score (nSPS) is 20.1. The Morgan fingerprint density at radius 2 is 2.04 bits per heavy atom. The summed E-state index contributed by atoms with van der Waals surface area (Å²) in [5.74, 6) is 0.755. The number of ether oxygens (including phenoxy) is 2. The van der Waals surface area contributed by atoms with Gasteiger partial charge in [0.1, 0.15) is 18.4 Å². The topological polar surface area (TPSA) is 59.6 Å². The van der Waals surface area contributed by atoms with Crippen molar-refractivity contribution in [2.75, 3.05) is 18.5 Å². The van der Waals surface area contributed by atoms with Crippen LogP contribution in [0.4, 0.5) is 5.69 Å². The standard InChI is InChI=1S/C20H24N2O3/c1-14-16(13-25-17-8-4-3-5-9-17)7-6-10-18(14)22-20(23)19-15(2)24-12-11-21-19/h3-10,15,19,21H,11-13H2,1-2H3,(H,22,23)/t15-,19+/m1/s1. The molecule has 0 bridgehead atoms. The predicted molar refractivity (Wildman–Crippen MR) is 97.8 cm³/mol. The number of carbonyl (C=O) groups excluding carboxylic acids is 1. The fraction of sp³-hybridized carbons (Fsp3) is 0.350. The molecule has 2 N–H and O–H groups in total. The first-order valence-electron chi connectivity index (χ1n) is 8.57. The first kappa shape index (κ1) is 17.5. The lowest BCUT2D eigenvalue weighted by Crippen LogP contribution is -2.53. The molecule has 0 unspecified atom stereocenters. The van der Waals surface area contributed by atoms with Gasteiger partial charge >= 0.3 is 0 Å². The zero-order chi connectivity index (χ0) is 17.6. The molecule has 1 amide bonds. The summed E-state index contributed by atoms with van der Waals surface area (Å²) in [4.78, 5) is 12.5. The molecule has 132 valence electrons. The highest BCUT2D eigenvalue weighted by atomic mass is 16.5. The molecule has 1 aliphatic heterocycles. The van der Waals surface area contributed by atoms with Gasteiger partial charge in [-0.1, -0.05) is 30.3 Å². The average molecular weight is 340 g/mol. The van der Waals surface area contributed by atoms with Crippen molar-refractivity contribution in [2.24, 2.45) is 0 Å². The number of amides is 1. The van der Waals surface area contributed by atoms with Gasteiger partial charge in [-0.3, -0.25) is 4.79 Å². The molecule has 5 nitrogen and oxygen atoms in total. The van der Waals surface area contributed by atoms with Crippen molar-refractivity contribution in [3.05, 3.63) is 59.7 Å². The summed E-state index contributed by atoms with van der Waals surface area (Å²) in [7, 11) is 0. The largest absolute Gasteiger partial charge is 0.489 e. The van der Waals surface area contributed by atoms with Crippen LogP contribution in [0.1, 0.15) is 18.1 Å². The van der Waals surface area contributed by atoms with E-state index in [2.05, 4.69) is 10.6 Å². The Morgan fingerprint density at radius 3 is 2.80 bits per heavy atom. The summed E-state index contributed by atoms with van der Waals surface area (Å²) in [5.41, 5.74) is 2.86. The van der Waals surface area contributed by atoms with Gasteiger partial charge in [-0.25, -0.2) is 0 Å². The van der Waals surface area contributed by atoms with Crippen LogP contribution >= 0.6 is 0 Å². The van der Waals surface area contributed by atoms with Gasteiger partial charge in [0, 0.05) is 12.2 Å². The number of nitrogens with one attached hydrogen (secondary N) is 2. The third kappa shape index (κ3) is 4.38. The summed E-state index contributed by atoms with van der Waals surface area (Å²) in [6, 6.07) is 15.2. The van der Waals surface area contributed by atoms with E-state index in [0.717, 1.165) is 22.6 Å². The van der Waals surface area contributed by atoms with Crippen molar-refractivity contribution in [2.45, 2.75) is 32.6 Å². The second-order valence-electron chi connectivity index (χ2n) is 6.19. The van der Waals surface area contributed by atoms with Crippen molar-refractivity contribution in [1.29, 1.82) is 0 Å². The first-order valence-corrected chi connectivity index (χ1v) is 8.57. The van der Waals surface area contributed by atoms with Gasteiger partial charge in [-0.2, -0.15) is 0 Å². The molecule has 1 fully saturated rings. The van der Waals surface area contributed by atoms with Gasteiger partial charge in [0.2, 0.25) is 5.91 Å². The molecule has 3 rings (SSSR count). The molecule has 1 aliphatic rings. The highest BCUT2D eigenvalue weighted by Crippen LogP contribution is 2.21. The van der Waals surface area contributed by atoms with E-state index in [1.165, 1.54) is 0 Å². The maximum Gasteiger partial charge on any atom is 0.244 e. The third-order valence-electron chi connectivity index (χ3n) is 4.44. The quantitative estimate of drug-likeness (QED) is 0.879. The molecule has 2 aromatic carbocycles. The molecular formula is C20H24N2O3. The number of carbonyl (C=O) groups is 1. The van der Waals surface area contributed by atoms with E-state index < -0.39 is 0 Å². The van der Waals surface area contributed by atoms with Crippen LogP contribution < -0.4 is 15.4 Å². The first-order chi connectivity index (χ1) is 12.1. The van der Waals surface area contributed by atoms with Gasteiger partial charge in [-0.05, 0) is 43.2 Å². The van der Waals surface area contributed by atoms with Crippen LogP contribution in [0.2, 0.25) is 0 Å². The fourth-order valence-electron chi connectivity index (χ4n) is 2.89. The SMILES string of the molecule is Cc1c(COc2ccccc2)cccc1NC(=O)[C@H]1NCCO[C@@H]1C. The number of para-hydroxylation sites is 1. The van der Waals surface area contributed by atoms with E-state index in [-0.39, 0.29) is 18.1 Å². The highest BCUT2D eigenvalue weighted by molar-refractivity contribution is 5.96. The van der Waals surface area contributed by atoms with Crippen LogP contribution in [0, 0.1) is 6.92 Å². The van der Waals surface area contributed by atoms with Crippen LogP contribution in [0.5, 0.6) is 5.75 Å². The van der Waals surface area contributed by atoms with E-state index in [1.807, 2.05) is 62.4 Å². The van der Waals surface area contributed by atoms with E-state index in [0.29, 0.717) is 19.8 Å². The van der Waals surface area contributed by atoms with E-state index in [1.54, 1.807) is 0 Å². The van der Waals surface area contributed by atoms with Gasteiger partial charge < -0.3 is 20.1 Å². The van der Waals surface area contributed by atoms with Crippen LogP contribution in [0.15, 0.2) is 48.5 Å². The second kappa shape index (κ2) is 8.14. The lowest BCUT2D eigenvalue weighted by Gasteiger charge is -2.29. The predicted octanol–water partition coefficient (Wildman–Crippen LogP) is 2.89. The minimum absolute atomic E-state index is 0.0728. The Labute approximate surface area is 148 Å². The van der Waals surface area contributed by atoms with Gasteiger partial charge in [-0.15, -0.1) is 0 Å².